The van der Waals surface area contributed by atoms with Gasteiger partial charge in [0.2, 0.25) is 0 Å². The standard InChI is InChI=1S/C32H30O8/c1-2-35-21-22-36-23-30(37-39-31(33)28-17-13-26(14-18-28)24-9-5-3-6-10-24)38-40-32(34)29-19-15-27(16-20-29)25-11-7-4-8-12-25/h3-20,30H,2,21-23H2,1H3. The molecule has 0 unspecified atom stereocenters. The molecule has 0 aliphatic rings. The smallest absolute Gasteiger partial charge is 0.373 e. The number of carbonyl (C=O) groups excluding carboxylic acids is 2. The van der Waals surface area contributed by atoms with Crippen LogP contribution in [0.15, 0.2) is 109 Å². The van der Waals surface area contributed by atoms with E-state index >= 15 is 0 Å². The Labute approximate surface area is 232 Å². The highest BCUT2D eigenvalue weighted by Crippen LogP contribution is 2.21. The summed E-state index contributed by atoms with van der Waals surface area (Å²) in [4.78, 5) is 45.3. The molecule has 0 atom stereocenters. The zero-order valence-corrected chi connectivity index (χ0v) is 22.1. The van der Waals surface area contributed by atoms with Gasteiger partial charge in [0.1, 0.15) is 6.61 Å². The minimum absolute atomic E-state index is 0.187. The summed E-state index contributed by atoms with van der Waals surface area (Å²) in [5.74, 6) is -1.49. The zero-order chi connectivity index (χ0) is 28.0. The average Bonchev–Trinajstić information content (AvgIpc) is 3.02. The van der Waals surface area contributed by atoms with Crippen LogP contribution in [0.25, 0.3) is 22.3 Å². The summed E-state index contributed by atoms with van der Waals surface area (Å²) in [6, 6.07) is 33.3. The van der Waals surface area contributed by atoms with E-state index < -0.39 is 18.2 Å². The van der Waals surface area contributed by atoms with Gasteiger partial charge in [-0.25, -0.2) is 9.59 Å². The Morgan fingerprint density at radius 1 is 0.550 bits per heavy atom. The molecule has 0 aromatic heterocycles. The van der Waals surface area contributed by atoms with Crippen LogP contribution in [-0.4, -0.2) is 44.7 Å². The van der Waals surface area contributed by atoms with Crippen LogP contribution in [0.2, 0.25) is 0 Å². The third kappa shape index (κ3) is 8.59. The average molecular weight is 543 g/mol. The van der Waals surface area contributed by atoms with Crippen LogP contribution < -0.4 is 0 Å². The van der Waals surface area contributed by atoms with E-state index in [0.717, 1.165) is 22.3 Å². The lowest BCUT2D eigenvalue weighted by molar-refractivity contribution is -0.427. The van der Waals surface area contributed by atoms with E-state index in [1.807, 2.05) is 91.9 Å². The molecule has 0 aliphatic heterocycles. The largest absolute Gasteiger partial charge is 0.379 e. The van der Waals surface area contributed by atoms with Crippen molar-refractivity contribution >= 4 is 11.9 Å². The molecule has 0 saturated carbocycles. The predicted octanol–water partition coefficient (Wildman–Crippen LogP) is 6.28. The molecule has 0 radical (unpaired) electrons. The van der Waals surface area contributed by atoms with E-state index in [2.05, 4.69) is 0 Å². The van der Waals surface area contributed by atoms with E-state index in [9.17, 15) is 9.59 Å². The van der Waals surface area contributed by atoms with Crippen molar-refractivity contribution in [3.63, 3.8) is 0 Å². The lowest BCUT2D eigenvalue weighted by Gasteiger charge is -2.15. The lowest BCUT2D eigenvalue weighted by Crippen LogP contribution is -2.27. The Balaban J connectivity index is 1.32. The highest BCUT2D eigenvalue weighted by atomic mass is 17.3. The van der Waals surface area contributed by atoms with Crippen molar-refractivity contribution in [2.75, 3.05) is 26.4 Å². The van der Waals surface area contributed by atoms with Crippen LogP contribution in [-0.2, 0) is 29.0 Å². The molecule has 8 nitrogen and oxygen atoms in total. The predicted molar refractivity (Wildman–Crippen MR) is 148 cm³/mol. The molecule has 0 aliphatic carbocycles. The third-order valence-corrected chi connectivity index (χ3v) is 5.75. The highest BCUT2D eigenvalue weighted by molar-refractivity contribution is 5.90. The molecular weight excluding hydrogens is 512 g/mol. The Morgan fingerprint density at radius 2 is 0.950 bits per heavy atom. The van der Waals surface area contributed by atoms with E-state index in [1.54, 1.807) is 24.3 Å². The molecule has 4 aromatic rings. The van der Waals surface area contributed by atoms with E-state index in [1.165, 1.54) is 0 Å². The summed E-state index contributed by atoms with van der Waals surface area (Å²) in [6.07, 6.45) is -1.33. The molecule has 4 aromatic carbocycles. The van der Waals surface area contributed by atoms with E-state index in [0.29, 0.717) is 13.2 Å². The molecule has 8 heteroatoms. The summed E-state index contributed by atoms with van der Waals surface area (Å²) in [6.45, 7) is 2.81. The van der Waals surface area contributed by atoms with Crippen LogP contribution >= 0.6 is 0 Å². The maximum absolute atomic E-state index is 12.5. The molecule has 0 bridgehead atoms. The minimum atomic E-state index is -1.33. The van der Waals surface area contributed by atoms with Gasteiger partial charge < -0.3 is 9.47 Å². The van der Waals surface area contributed by atoms with Gasteiger partial charge in [-0.15, -0.1) is 9.78 Å². The summed E-state index contributed by atoms with van der Waals surface area (Å²) < 4.78 is 10.7. The van der Waals surface area contributed by atoms with Crippen molar-refractivity contribution in [3.05, 3.63) is 120 Å². The topological polar surface area (TPSA) is 89.5 Å². The van der Waals surface area contributed by atoms with Crippen LogP contribution in [0.1, 0.15) is 27.6 Å². The first-order valence-electron chi connectivity index (χ1n) is 12.9. The van der Waals surface area contributed by atoms with Gasteiger partial charge in [0, 0.05) is 6.61 Å². The Bertz CT molecular complexity index is 1220. The van der Waals surface area contributed by atoms with E-state index in [-0.39, 0.29) is 24.3 Å². The molecule has 206 valence electrons. The maximum atomic E-state index is 12.5. The molecule has 0 N–H and O–H groups in total. The maximum Gasteiger partial charge on any atom is 0.373 e. The second-order valence-electron chi connectivity index (χ2n) is 8.52. The zero-order valence-electron chi connectivity index (χ0n) is 22.1. The second kappa shape index (κ2) is 15.3. The van der Waals surface area contributed by atoms with Crippen LogP contribution in [0.4, 0.5) is 0 Å². The summed E-state index contributed by atoms with van der Waals surface area (Å²) in [5.41, 5.74) is 4.48. The van der Waals surface area contributed by atoms with E-state index in [4.69, 9.17) is 29.0 Å². The van der Waals surface area contributed by atoms with Crippen molar-refractivity contribution < 1.29 is 38.6 Å². The quantitative estimate of drug-likeness (QED) is 0.0797. The Morgan fingerprint density at radius 3 is 1.38 bits per heavy atom. The van der Waals surface area contributed by atoms with Gasteiger partial charge in [-0.1, -0.05) is 84.9 Å². The van der Waals surface area contributed by atoms with Crippen LogP contribution in [0.3, 0.4) is 0 Å². The fraction of sp³-hybridized carbons (Fsp3) is 0.188. The van der Waals surface area contributed by atoms with Crippen molar-refractivity contribution in [1.82, 2.24) is 0 Å². The van der Waals surface area contributed by atoms with Gasteiger partial charge >= 0.3 is 11.9 Å². The number of benzene rings is 4. The first-order chi connectivity index (χ1) is 19.6. The Hall–Kier alpha value is -4.34. The van der Waals surface area contributed by atoms with Crippen molar-refractivity contribution in [2.45, 2.75) is 13.2 Å². The van der Waals surface area contributed by atoms with Gasteiger partial charge in [0.25, 0.3) is 6.29 Å². The molecule has 0 spiro atoms. The van der Waals surface area contributed by atoms with Gasteiger partial charge in [-0.2, -0.15) is 0 Å². The molecule has 4 rings (SSSR count). The number of carbonyl (C=O) groups is 2. The number of rotatable bonds is 14. The normalized spacial score (nSPS) is 10.8. The van der Waals surface area contributed by atoms with Gasteiger partial charge in [0.15, 0.2) is 0 Å². The van der Waals surface area contributed by atoms with Gasteiger partial charge in [-0.05, 0) is 53.4 Å². The minimum Gasteiger partial charge on any atom is -0.379 e. The third-order valence-electron chi connectivity index (χ3n) is 5.75. The Kier molecular flexibility index (Phi) is 11.0. The first kappa shape index (κ1) is 28.7. The van der Waals surface area contributed by atoms with Crippen molar-refractivity contribution in [3.8, 4) is 22.3 Å². The van der Waals surface area contributed by atoms with Crippen LogP contribution in [0.5, 0.6) is 0 Å². The molecule has 0 heterocycles. The number of ether oxygens (including phenoxy) is 2. The fourth-order valence-corrected chi connectivity index (χ4v) is 3.66. The van der Waals surface area contributed by atoms with Crippen molar-refractivity contribution in [1.29, 1.82) is 0 Å². The molecule has 40 heavy (non-hydrogen) atoms. The number of hydrogen-bond acceptors (Lipinski definition) is 8. The van der Waals surface area contributed by atoms with Crippen LogP contribution in [0, 0.1) is 0 Å². The monoisotopic (exact) mass is 542 g/mol. The van der Waals surface area contributed by atoms with Crippen molar-refractivity contribution in [2.24, 2.45) is 0 Å². The summed E-state index contributed by atoms with van der Waals surface area (Å²) in [7, 11) is 0. The summed E-state index contributed by atoms with van der Waals surface area (Å²) in [5, 5.41) is 0. The highest BCUT2D eigenvalue weighted by Gasteiger charge is 2.20. The molecular formula is C32H30O8. The second-order valence-corrected chi connectivity index (χ2v) is 8.52. The molecule has 0 saturated heterocycles. The first-order valence-corrected chi connectivity index (χ1v) is 12.9. The summed E-state index contributed by atoms with van der Waals surface area (Å²) >= 11 is 0. The molecule has 0 fully saturated rings. The van der Waals surface area contributed by atoms with Gasteiger partial charge in [-0.3, -0.25) is 9.78 Å². The van der Waals surface area contributed by atoms with Gasteiger partial charge in [0.05, 0.1) is 24.3 Å². The molecule has 0 amide bonds. The SMILES string of the molecule is CCOCCOCC(OOC(=O)c1ccc(-c2ccccc2)cc1)OOC(=O)c1ccc(-c2ccccc2)cc1. The number of hydrogen-bond donors (Lipinski definition) is 0. The fourth-order valence-electron chi connectivity index (χ4n) is 3.66. The lowest BCUT2D eigenvalue weighted by atomic mass is 10.0.